The third kappa shape index (κ3) is 2.62. The molecule has 1 aliphatic rings. The molecule has 4 heteroatoms. The molecule has 1 aromatic rings. The molecule has 0 amide bonds. The van der Waals surface area contributed by atoms with Crippen LogP contribution in [0.3, 0.4) is 0 Å². The zero-order chi connectivity index (χ0) is 11.8. The quantitative estimate of drug-likeness (QED) is 0.856. The van der Waals surface area contributed by atoms with E-state index in [4.69, 9.17) is 0 Å². The maximum absolute atomic E-state index is 11.1. The molecule has 0 heterocycles. The fourth-order valence-electron chi connectivity index (χ4n) is 2.23. The van der Waals surface area contributed by atoms with Crippen LogP contribution in [0.5, 0.6) is 0 Å². The molecule has 2 rings (SSSR count). The summed E-state index contributed by atoms with van der Waals surface area (Å²) >= 11 is 0. The Kier molecular flexibility index (Phi) is 2.80. The van der Waals surface area contributed by atoms with Gasteiger partial charge in [0.2, 0.25) is 0 Å². The van der Waals surface area contributed by atoms with Gasteiger partial charge in [0.15, 0.2) is 0 Å². The zero-order valence-electron chi connectivity index (χ0n) is 9.31. The van der Waals surface area contributed by atoms with Crippen molar-refractivity contribution >= 4 is 9.84 Å². The molecular weight excluding hydrogens is 224 g/mol. The minimum atomic E-state index is -3.00. The van der Waals surface area contributed by atoms with Crippen LogP contribution < -0.4 is 0 Å². The van der Waals surface area contributed by atoms with Crippen molar-refractivity contribution in [2.24, 2.45) is 0 Å². The van der Waals surface area contributed by atoms with Crippen LogP contribution in [-0.2, 0) is 22.7 Å². The number of hydrogen-bond donors (Lipinski definition) is 1. The molecule has 0 unspecified atom stereocenters. The second-order valence-corrected chi connectivity index (χ2v) is 6.99. The van der Waals surface area contributed by atoms with Crippen molar-refractivity contribution in [2.45, 2.75) is 24.9 Å². The van der Waals surface area contributed by atoms with Gasteiger partial charge in [-0.15, -0.1) is 0 Å². The number of hydrogen-bond acceptors (Lipinski definition) is 3. The van der Waals surface area contributed by atoms with Gasteiger partial charge in [-0.05, 0) is 17.5 Å². The van der Waals surface area contributed by atoms with Gasteiger partial charge in [0, 0.05) is 19.1 Å². The molecule has 1 aliphatic carbocycles. The van der Waals surface area contributed by atoms with Gasteiger partial charge in [0.05, 0.1) is 11.4 Å². The first-order valence-corrected chi connectivity index (χ1v) is 7.41. The minimum absolute atomic E-state index is 0.0531. The number of rotatable bonds is 3. The highest BCUT2D eigenvalue weighted by Crippen LogP contribution is 2.32. The lowest BCUT2D eigenvalue weighted by atomic mass is 9.97. The van der Waals surface area contributed by atoms with Gasteiger partial charge in [0.25, 0.3) is 0 Å². The van der Waals surface area contributed by atoms with E-state index in [-0.39, 0.29) is 5.75 Å². The van der Waals surface area contributed by atoms with Crippen LogP contribution in [0.4, 0.5) is 0 Å². The first-order valence-electron chi connectivity index (χ1n) is 5.35. The fourth-order valence-corrected chi connectivity index (χ4v) is 2.98. The molecule has 3 nitrogen and oxygen atoms in total. The Morgan fingerprint density at radius 3 is 2.19 bits per heavy atom. The number of benzene rings is 1. The summed E-state index contributed by atoms with van der Waals surface area (Å²) in [7, 11) is -3.00. The molecule has 0 aliphatic heterocycles. The molecule has 88 valence electrons. The lowest BCUT2D eigenvalue weighted by molar-refractivity contribution is 0.0482. The van der Waals surface area contributed by atoms with Crippen LogP contribution in [0.15, 0.2) is 24.3 Å². The van der Waals surface area contributed by atoms with Crippen molar-refractivity contribution < 1.29 is 13.5 Å². The van der Waals surface area contributed by atoms with Crippen LogP contribution in [-0.4, -0.2) is 31.1 Å². The fraction of sp³-hybridized carbons (Fsp3) is 0.500. The monoisotopic (exact) mass is 240 g/mol. The van der Waals surface area contributed by atoms with Crippen molar-refractivity contribution in [1.82, 2.24) is 0 Å². The van der Waals surface area contributed by atoms with Gasteiger partial charge < -0.3 is 5.11 Å². The lowest BCUT2D eigenvalue weighted by Gasteiger charge is -2.21. The maximum atomic E-state index is 11.1. The molecule has 0 radical (unpaired) electrons. The third-order valence-electron chi connectivity index (χ3n) is 3.10. The molecule has 16 heavy (non-hydrogen) atoms. The van der Waals surface area contributed by atoms with Crippen LogP contribution in [0.2, 0.25) is 0 Å². The van der Waals surface area contributed by atoms with Crippen molar-refractivity contribution in [2.75, 3.05) is 12.0 Å². The standard InChI is InChI=1S/C12H16O3S/c1-16(14,15)7-6-12(13)8-10-4-2-3-5-11(10)9-12/h2-5,13H,6-9H2,1H3. The molecule has 0 aromatic heterocycles. The molecular formula is C12H16O3S. The highest BCUT2D eigenvalue weighted by atomic mass is 32.2. The third-order valence-corrected chi connectivity index (χ3v) is 4.04. The first-order chi connectivity index (χ1) is 7.38. The molecule has 0 bridgehead atoms. The molecule has 0 atom stereocenters. The van der Waals surface area contributed by atoms with Gasteiger partial charge in [-0.2, -0.15) is 0 Å². The molecule has 0 saturated carbocycles. The van der Waals surface area contributed by atoms with E-state index in [1.165, 1.54) is 6.26 Å². The Morgan fingerprint density at radius 2 is 1.75 bits per heavy atom. The van der Waals surface area contributed by atoms with E-state index in [9.17, 15) is 13.5 Å². The highest BCUT2D eigenvalue weighted by Gasteiger charge is 2.35. The van der Waals surface area contributed by atoms with Crippen molar-refractivity contribution in [3.63, 3.8) is 0 Å². The van der Waals surface area contributed by atoms with E-state index in [0.717, 1.165) is 11.1 Å². The van der Waals surface area contributed by atoms with E-state index in [0.29, 0.717) is 19.3 Å². The van der Waals surface area contributed by atoms with Gasteiger partial charge in [-0.1, -0.05) is 24.3 Å². The molecule has 1 N–H and O–H groups in total. The van der Waals surface area contributed by atoms with Crippen molar-refractivity contribution in [1.29, 1.82) is 0 Å². The molecule has 0 fully saturated rings. The summed E-state index contributed by atoms with van der Waals surface area (Å²) in [5.74, 6) is 0.0531. The van der Waals surface area contributed by atoms with Gasteiger partial charge in [-0.3, -0.25) is 0 Å². The van der Waals surface area contributed by atoms with Crippen LogP contribution in [0, 0.1) is 0 Å². The number of aliphatic hydroxyl groups is 1. The topological polar surface area (TPSA) is 54.4 Å². The zero-order valence-corrected chi connectivity index (χ0v) is 10.1. The Hall–Kier alpha value is -0.870. The second kappa shape index (κ2) is 3.86. The summed E-state index contributed by atoms with van der Waals surface area (Å²) in [5, 5.41) is 10.3. The predicted molar refractivity (Wildman–Crippen MR) is 63.1 cm³/mol. The Morgan fingerprint density at radius 1 is 1.25 bits per heavy atom. The summed E-state index contributed by atoms with van der Waals surface area (Å²) in [6.07, 6.45) is 2.66. The van der Waals surface area contributed by atoms with Crippen LogP contribution >= 0.6 is 0 Å². The van der Waals surface area contributed by atoms with E-state index in [1.807, 2.05) is 24.3 Å². The van der Waals surface area contributed by atoms with Crippen molar-refractivity contribution in [3.05, 3.63) is 35.4 Å². The largest absolute Gasteiger partial charge is 0.389 e. The van der Waals surface area contributed by atoms with E-state index in [2.05, 4.69) is 0 Å². The van der Waals surface area contributed by atoms with Crippen LogP contribution in [0.25, 0.3) is 0 Å². The maximum Gasteiger partial charge on any atom is 0.147 e. The summed E-state index contributed by atoms with van der Waals surface area (Å²) in [6, 6.07) is 7.88. The smallest absolute Gasteiger partial charge is 0.147 e. The van der Waals surface area contributed by atoms with E-state index >= 15 is 0 Å². The van der Waals surface area contributed by atoms with E-state index < -0.39 is 15.4 Å². The Bertz CT molecular complexity index is 466. The summed E-state index contributed by atoms with van der Waals surface area (Å²) in [5.41, 5.74) is 1.41. The predicted octanol–water partition coefficient (Wildman–Crippen LogP) is 0.951. The van der Waals surface area contributed by atoms with Crippen molar-refractivity contribution in [3.8, 4) is 0 Å². The second-order valence-electron chi connectivity index (χ2n) is 4.73. The minimum Gasteiger partial charge on any atom is -0.389 e. The average Bonchev–Trinajstić information content (AvgIpc) is 2.51. The Labute approximate surface area is 96.0 Å². The first kappa shape index (κ1) is 11.6. The van der Waals surface area contributed by atoms with Crippen LogP contribution in [0.1, 0.15) is 17.5 Å². The SMILES string of the molecule is CS(=O)(=O)CCC1(O)Cc2ccccc2C1. The normalized spacial score (nSPS) is 18.4. The van der Waals surface area contributed by atoms with E-state index in [1.54, 1.807) is 0 Å². The molecule has 0 spiro atoms. The average molecular weight is 240 g/mol. The summed E-state index contributed by atoms with van der Waals surface area (Å²) in [4.78, 5) is 0. The summed E-state index contributed by atoms with van der Waals surface area (Å²) < 4.78 is 22.2. The van der Waals surface area contributed by atoms with Gasteiger partial charge in [0.1, 0.15) is 9.84 Å². The van der Waals surface area contributed by atoms with Gasteiger partial charge >= 0.3 is 0 Å². The molecule has 0 saturated heterocycles. The summed E-state index contributed by atoms with van der Waals surface area (Å²) in [6.45, 7) is 0. The number of sulfone groups is 1. The lowest BCUT2D eigenvalue weighted by Crippen LogP contribution is -2.31. The number of fused-ring (bicyclic) bond motifs is 1. The van der Waals surface area contributed by atoms with Gasteiger partial charge in [-0.25, -0.2) is 8.42 Å². The molecule has 1 aromatic carbocycles. The Balaban J connectivity index is 2.09. The highest BCUT2D eigenvalue weighted by molar-refractivity contribution is 7.90.